The topological polar surface area (TPSA) is 19.0 Å². The summed E-state index contributed by atoms with van der Waals surface area (Å²) >= 11 is 0. The molecule has 0 aliphatic heterocycles. The number of hydrogen-bond acceptors (Lipinski definition) is 4. The highest BCUT2D eigenvalue weighted by atomic mass is 16.5. The first kappa shape index (κ1) is 20.1. The highest BCUT2D eigenvalue weighted by molar-refractivity contribution is 5.37. The van der Waals surface area contributed by atoms with Gasteiger partial charge in [0.2, 0.25) is 0 Å². The smallest absolute Gasteiger partial charge is 0.104 e. The van der Waals surface area contributed by atoms with Gasteiger partial charge in [-0.15, -0.1) is 0 Å². The molecule has 0 atom stereocenters. The van der Waals surface area contributed by atoms with E-state index >= 15 is 0 Å². The molecule has 1 fully saturated rings. The summed E-state index contributed by atoms with van der Waals surface area (Å²) in [5.74, 6) is 0. The minimum absolute atomic E-state index is 0.0133. The lowest BCUT2D eigenvalue weighted by molar-refractivity contribution is 0.0791. The van der Waals surface area contributed by atoms with Crippen molar-refractivity contribution in [2.75, 3.05) is 42.3 Å². The lowest BCUT2D eigenvalue weighted by atomic mass is 9.84. The van der Waals surface area contributed by atoms with E-state index in [-0.39, 0.29) is 6.10 Å². The molecule has 0 amide bonds. The maximum absolute atomic E-state index is 6.42. The molecule has 0 N–H and O–H groups in total. The van der Waals surface area contributed by atoms with Crippen LogP contribution in [0.1, 0.15) is 18.4 Å². The number of ether oxygens (including phenoxy) is 1. The van der Waals surface area contributed by atoms with E-state index in [1.54, 1.807) is 0 Å². The van der Waals surface area contributed by atoms with Crippen molar-refractivity contribution in [2.24, 2.45) is 0 Å². The van der Waals surface area contributed by atoms with Gasteiger partial charge in [0.15, 0.2) is 0 Å². The van der Waals surface area contributed by atoms with Crippen molar-refractivity contribution >= 4 is 0 Å². The molecular formula is C22H33N3O. The average Bonchev–Trinajstić information content (AvgIpc) is 2.53. The fourth-order valence-electron chi connectivity index (χ4n) is 3.32. The molecule has 1 aromatic carbocycles. The van der Waals surface area contributed by atoms with Crippen molar-refractivity contribution in [1.29, 1.82) is 0 Å². The average molecular weight is 356 g/mol. The predicted octanol–water partition coefficient (Wildman–Crippen LogP) is 3.70. The van der Waals surface area contributed by atoms with E-state index in [4.69, 9.17) is 4.74 Å². The van der Waals surface area contributed by atoms with Gasteiger partial charge in [0.05, 0.1) is 6.61 Å². The summed E-state index contributed by atoms with van der Waals surface area (Å²) in [6.07, 6.45) is 8.56. The molecule has 1 aliphatic rings. The molecule has 1 aromatic rings. The lowest BCUT2D eigenvalue weighted by Gasteiger charge is -2.32. The summed E-state index contributed by atoms with van der Waals surface area (Å²) in [6, 6.07) is 10.4. The van der Waals surface area contributed by atoms with Crippen LogP contribution in [0.15, 0.2) is 65.7 Å². The van der Waals surface area contributed by atoms with Crippen molar-refractivity contribution in [3.63, 3.8) is 0 Å². The normalized spacial score (nSPS) is 20.4. The number of nitrogens with zero attached hydrogens (tertiary/aromatic N) is 3. The van der Waals surface area contributed by atoms with Crippen LogP contribution in [0.3, 0.4) is 0 Å². The van der Waals surface area contributed by atoms with Crippen molar-refractivity contribution in [1.82, 2.24) is 14.7 Å². The Kier molecular flexibility index (Phi) is 7.34. The number of rotatable bonds is 6. The Morgan fingerprint density at radius 2 is 1.31 bits per heavy atom. The summed E-state index contributed by atoms with van der Waals surface area (Å²) in [5, 5.41) is 0. The van der Waals surface area contributed by atoms with Gasteiger partial charge in [-0.05, 0) is 41.3 Å². The molecule has 0 aromatic heterocycles. The first-order valence-electron chi connectivity index (χ1n) is 9.10. The Hall–Kier alpha value is -2.20. The van der Waals surface area contributed by atoms with Gasteiger partial charge in [0.1, 0.15) is 6.10 Å². The first-order valence-corrected chi connectivity index (χ1v) is 9.10. The van der Waals surface area contributed by atoms with Crippen LogP contribution in [0.2, 0.25) is 0 Å². The third-order valence-corrected chi connectivity index (χ3v) is 4.08. The zero-order chi connectivity index (χ0) is 19.1. The number of hydrogen-bond donors (Lipinski definition) is 0. The molecule has 142 valence electrons. The van der Waals surface area contributed by atoms with E-state index in [0.717, 1.165) is 12.8 Å². The van der Waals surface area contributed by atoms with Gasteiger partial charge in [0.25, 0.3) is 0 Å². The van der Waals surface area contributed by atoms with Crippen LogP contribution < -0.4 is 0 Å². The second-order valence-electron chi connectivity index (χ2n) is 7.62. The van der Waals surface area contributed by atoms with Crippen molar-refractivity contribution < 1.29 is 4.74 Å². The Bertz CT molecular complexity index is 627. The molecule has 0 saturated heterocycles. The van der Waals surface area contributed by atoms with Crippen LogP contribution >= 0.6 is 0 Å². The van der Waals surface area contributed by atoms with Crippen LogP contribution in [0.5, 0.6) is 0 Å². The summed E-state index contributed by atoms with van der Waals surface area (Å²) < 4.78 is 6.42. The van der Waals surface area contributed by atoms with E-state index in [9.17, 15) is 0 Å². The van der Waals surface area contributed by atoms with Gasteiger partial charge < -0.3 is 19.4 Å². The third kappa shape index (κ3) is 6.26. The number of allylic oxidation sites excluding steroid dienone is 1. The van der Waals surface area contributed by atoms with Gasteiger partial charge in [-0.1, -0.05) is 30.3 Å². The molecule has 4 nitrogen and oxygen atoms in total. The molecule has 1 aliphatic carbocycles. The molecule has 2 rings (SSSR count). The fraction of sp³-hybridized carbons (Fsp3) is 0.455. The van der Waals surface area contributed by atoms with Crippen LogP contribution in [0, 0.1) is 0 Å². The SMILES string of the molecule is CN(C)C=C1CC(=CN(C)C)C(OCc2ccccc2)C(=CN(C)C)C1. The van der Waals surface area contributed by atoms with Crippen LogP contribution in [-0.2, 0) is 11.3 Å². The van der Waals surface area contributed by atoms with Crippen LogP contribution in [-0.4, -0.2) is 63.1 Å². The molecule has 0 heterocycles. The molecule has 4 heteroatoms. The van der Waals surface area contributed by atoms with E-state index in [1.807, 2.05) is 6.07 Å². The van der Waals surface area contributed by atoms with Crippen LogP contribution in [0.4, 0.5) is 0 Å². The maximum atomic E-state index is 6.42. The molecule has 0 spiro atoms. The Morgan fingerprint density at radius 1 is 0.808 bits per heavy atom. The Labute approximate surface area is 159 Å². The van der Waals surface area contributed by atoms with E-state index in [1.165, 1.54) is 22.3 Å². The van der Waals surface area contributed by atoms with Crippen molar-refractivity contribution in [3.8, 4) is 0 Å². The number of benzene rings is 1. The third-order valence-electron chi connectivity index (χ3n) is 4.08. The van der Waals surface area contributed by atoms with Gasteiger partial charge in [-0.2, -0.15) is 0 Å². The molecule has 0 radical (unpaired) electrons. The van der Waals surface area contributed by atoms with Crippen molar-refractivity contribution in [2.45, 2.75) is 25.6 Å². The second-order valence-corrected chi connectivity index (χ2v) is 7.62. The quantitative estimate of drug-likeness (QED) is 0.774. The van der Waals surface area contributed by atoms with Gasteiger partial charge in [-0.25, -0.2) is 0 Å². The standard InChI is InChI=1S/C22H33N3O/c1-23(2)14-19-12-20(15-24(3)4)22(21(13-19)16-25(5)6)26-17-18-10-8-7-9-11-18/h7-11,14-16,22H,12-13,17H2,1-6H3. The first-order chi connectivity index (χ1) is 12.3. The molecule has 0 unspecified atom stereocenters. The second kappa shape index (κ2) is 9.48. The Morgan fingerprint density at radius 3 is 1.77 bits per heavy atom. The van der Waals surface area contributed by atoms with Gasteiger partial charge >= 0.3 is 0 Å². The molecular weight excluding hydrogens is 322 g/mol. The highest BCUT2D eigenvalue weighted by Gasteiger charge is 2.28. The van der Waals surface area contributed by atoms with Crippen LogP contribution in [0.25, 0.3) is 0 Å². The zero-order valence-corrected chi connectivity index (χ0v) is 17.1. The highest BCUT2D eigenvalue weighted by Crippen LogP contribution is 2.35. The molecule has 0 bridgehead atoms. The fourth-order valence-corrected chi connectivity index (χ4v) is 3.32. The molecule has 1 saturated carbocycles. The summed E-state index contributed by atoms with van der Waals surface area (Å²) in [6.45, 7) is 0.619. The van der Waals surface area contributed by atoms with Gasteiger partial charge in [0, 0.05) is 54.7 Å². The summed E-state index contributed by atoms with van der Waals surface area (Å²) in [4.78, 5) is 6.35. The van der Waals surface area contributed by atoms with E-state index in [2.05, 4.69) is 99.9 Å². The van der Waals surface area contributed by atoms with Gasteiger partial charge in [-0.3, -0.25) is 0 Å². The van der Waals surface area contributed by atoms with Crippen molar-refractivity contribution in [3.05, 3.63) is 71.2 Å². The zero-order valence-electron chi connectivity index (χ0n) is 17.1. The largest absolute Gasteiger partial charge is 0.384 e. The summed E-state index contributed by atoms with van der Waals surface area (Å²) in [7, 11) is 12.4. The minimum atomic E-state index is 0.0133. The Balaban J connectivity index is 2.31. The predicted molar refractivity (Wildman–Crippen MR) is 110 cm³/mol. The minimum Gasteiger partial charge on any atom is -0.384 e. The maximum Gasteiger partial charge on any atom is 0.104 e. The summed E-state index contributed by atoms with van der Waals surface area (Å²) in [5.41, 5.74) is 5.23. The lowest BCUT2D eigenvalue weighted by Crippen LogP contribution is -2.27. The molecule has 26 heavy (non-hydrogen) atoms. The van der Waals surface area contributed by atoms with E-state index in [0.29, 0.717) is 6.61 Å². The van der Waals surface area contributed by atoms with E-state index < -0.39 is 0 Å². The monoisotopic (exact) mass is 355 g/mol.